The second-order valence-electron chi connectivity index (χ2n) is 4.74. The van der Waals surface area contributed by atoms with Crippen LogP contribution >= 0.6 is 0 Å². The summed E-state index contributed by atoms with van der Waals surface area (Å²) in [5, 5.41) is 12.5. The fraction of sp³-hybridized carbons (Fsp3) is 0.800. The van der Waals surface area contributed by atoms with Gasteiger partial charge in [0.25, 0.3) is 15.2 Å². The van der Waals surface area contributed by atoms with Crippen LogP contribution in [0, 0.1) is 0 Å². The molecule has 1 aromatic rings. The van der Waals surface area contributed by atoms with Gasteiger partial charge in [0, 0.05) is 20.1 Å². The van der Waals surface area contributed by atoms with Gasteiger partial charge in [-0.2, -0.15) is 0 Å². The molecule has 1 heterocycles. The first-order valence-electron chi connectivity index (χ1n) is 5.71. The molecule has 0 aromatic carbocycles. The first kappa shape index (κ1) is 15.1. The number of aromatic nitrogens is 3. The third-order valence-corrected chi connectivity index (χ3v) is 3.44. The number of methoxy groups -OCH3 is 1. The molecule has 1 rings (SSSR count). The van der Waals surface area contributed by atoms with Crippen LogP contribution in [0.5, 0.6) is 0 Å². The van der Waals surface area contributed by atoms with Crippen molar-refractivity contribution in [1.29, 1.82) is 0 Å². The highest BCUT2D eigenvalue weighted by atomic mass is 32.2. The van der Waals surface area contributed by atoms with Crippen LogP contribution in [0.2, 0.25) is 0 Å². The second-order valence-corrected chi connectivity index (χ2v) is 6.19. The number of sulfonamides is 1. The molecule has 0 fully saturated rings. The Balaban J connectivity index is 3.18. The van der Waals surface area contributed by atoms with Crippen LogP contribution in [-0.4, -0.2) is 35.9 Å². The van der Waals surface area contributed by atoms with E-state index in [1.165, 1.54) is 4.57 Å². The molecule has 0 unspecified atom stereocenters. The van der Waals surface area contributed by atoms with Crippen LogP contribution in [0.1, 0.15) is 33.0 Å². The van der Waals surface area contributed by atoms with Crippen molar-refractivity contribution in [3.05, 3.63) is 5.82 Å². The van der Waals surface area contributed by atoms with Crippen LogP contribution in [0.15, 0.2) is 5.16 Å². The van der Waals surface area contributed by atoms with E-state index in [2.05, 4.69) is 10.2 Å². The first-order chi connectivity index (χ1) is 8.21. The maximum atomic E-state index is 11.4. The van der Waals surface area contributed by atoms with Crippen LogP contribution < -0.4 is 5.14 Å². The number of hydrogen-bond donors (Lipinski definition) is 1. The molecule has 1 aromatic heterocycles. The van der Waals surface area contributed by atoms with Gasteiger partial charge in [0.1, 0.15) is 5.82 Å². The van der Waals surface area contributed by atoms with Crippen molar-refractivity contribution >= 4 is 10.0 Å². The summed E-state index contributed by atoms with van der Waals surface area (Å²) in [6.45, 7) is 6.25. The maximum Gasteiger partial charge on any atom is 0.273 e. The highest BCUT2D eigenvalue weighted by Gasteiger charge is 2.25. The van der Waals surface area contributed by atoms with Crippen LogP contribution in [-0.2, 0) is 27.7 Å². The molecule has 0 amide bonds. The minimum atomic E-state index is -3.85. The molecule has 0 saturated heterocycles. The van der Waals surface area contributed by atoms with E-state index in [1.54, 1.807) is 7.11 Å². The van der Waals surface area contributed by atoms with Gasteiger partial charge in [-0.25, -0.2) is 13.6 Å². The van der Waals surface area contributed by atoms with Gasteiger partial charge in [-0.1, -0.05) is 6.92 Å². The Hall–Kier alpha value is -0.990. The average molecular weight is 276 g/mol. The van der Waals surface area contributed by atoms with Crippen molar-refractivity contribution in [2.75, 3.05) is 7.11 Å². The SMILES string of the molecule is CCCn1c(CC(C)(C)OC)nnc1S(N)(=O)=O. The lowest BCUT2D eigenvalue weighted by molar-refractivity contribution is 0.0207. The van der Waals surface area contributed by atoms with E-state index in [0.717, 1.165) is 6.42 Å². The first-order valence-corrected chi connectivity index (χ1v) is 7.26. The van der Waals surface area contributed by atoms with Crippen molar-refractivity contribution in [2.24, 2.45) is 5.14 Å². The van der Waals surface area contributed by atoms with Crippen molar-refractivity contribution in [3.63, 3.8) is 0 Å². The molecule has 0 spiro atoms. The average Bonchev–Trinajstić information content (AvgIpc) is 2.61. The van der Waals surface area contributed by atoms with Crippen LogP contribution in [0.25, 0.3) is 0 Å². The van der Waals surface area contributed by atoms with E-state index >= 15 is 0 Å². The highest BCUT2D eigenvalue weighted by molar-refractivity contribution is 7.89. The summed E-state index contributed by atoms with van der Waals surface area (Å²) in [6.07, 6.45) is 1.23. The predicted molar refractivity (Wildman–Crippen MR) is 66.5 cm³/mol. The monoisotopic (exact) mass is 276 g/mol. The minimum absolute atomic E-state index is 0.189. The zero-order valence-corrected chi connectivity index (χ0v) is 12.0. The van der Waals surface area contributed by atoms with Crippen LogP contribution in [0.3, 0.4) is 0 Å². The smallest absolute Gasteiger partial charge is 0.273 e. The Bertz CT molecular complexity index is 507. The van der Waals surface area contributed by atoms with Gasteiger partial charge in [-0.15, -0.1) is 10.2 Å². The largest absolute Gasteiger partial charge is 0.378 e. The van der Waals surface area contributed by atoms with E-state index in [9.17, 15) is 8.42 Å². The molecule has 0 aliphatic rings. The predicted octanol–water partition coefficient (Wildman–Crippen LogP) is 0.303. The Kier molecular flexibility index (Phi) is 4.46. The van der Waals surface area contributed by atoms with Crippen molar-refractivity contribution in [3.8, 4) is 0 Å². The van der Waals surface area contributed by atoms with Crippen molar-refractivity contribution in [1.82, 2.24) is 14.8 Å². The van der Waals surface area contributed by atoms with E-state index in [1.807, 2.05) is 20.8 Å². The Morgan fingerprint density at radius 1 is 1.39 bits per heavy atom. The highest BCUT2D eigenvalue weighted by Crippen LogP contribution is 2.17. The molecule has 8 heteroatoms. The van der Waals surface area contributed by atoms with Gasteiger partial charge in [0.05, 0.1) is 5.60 Å². The summed E-state index contributed by atoms with van der Waals surface area (Å²) in [7, 11) is -2.25. The summed E-state index contributed by atoms with van der Waals surface area (Å²) >= 11 is 0. The standard InChI is InChI=1S/C10H20N4O3S/c1-5-6-14-8(7-10(2,3)17-4)12-13-9(14)18(11,15)16/h5-7H2,1-4H3,(H2,11,15,16). The lowest BCUT2D eigenvalue weighted by Gasteiger charge is -2.22. The van der Waals surface area contributed by atoms with Gasteiger partial charge in [-0.05, 0) is 20.3 Å². The molecule has 0 bridgehead atoms. The summed E-state index contributed by atoms with van der Waals surface area (Å²) in [4.78, 5) is 0. The third kappa shape index (κ3) is 3.50. The minimum Gasteiger partial charge on any atom is -0.378 e. The number of hydrogen-bond acceptors (Lipinski definition) is 5. The quantitative estimate of drug-likeness (QED) is 0.805. The molecule has 18 heavy (non-hydrogen) atoms. The summed E-state index contributed by atoms with van der Waals surface area (Å²) < 4.78 is 29.6. The molecular weight excluding hydrogens is 256 g/mol. The normalized spacial score (nSPS) is 12.9. The van der Waals surface area contributed by atoms with Crippen molar-refractivity contribution in [2.45, 2.75) is 50.9 Å². The zero-order valence-electron chi connectivity index (χ0n) is 11.2. The number of ether oxygens (including phenoxy) is 1. The fourth-order valence-corrected chi connectivity index (χ4v) is 2.22. The molecule has 2 N–H and O–H groups in total. The summed E-state index contributed by atoms with van der Waals surface area (Å²) in [6, 6.07) is 0. The number of nitrogens with zero attached hydrogens (tertiary/aromatic N) is 3. The van der Waals surface area contributed by atoms with E-state index < -0.39 is 15.6 Å². The van der Waals surface area contributed by atoms with Gasteiger partial charge in [0.2, 0.25) is 0 Å². The second kappa shape index (κ2) is 5.33. The molecule has 0 aliphatic heterocycles. The molecule has 0 saturated carbocycles. The van der Waals surface area contributed by atoms with Gasteiger partial charge in [0.15, 0.2) is 0 Å². The van der Waals surface area contributed by atoms with Gasteiger partial charge < -0.3 is 9.30 Å². The zero-order chi connectivity index (χ0) is 14.0. The fourth-order valence-electron chi connectivity index (χ4n) is 1.56. The topological polar surface area (TPSA) is 100 Å². The number of nitrogens with two attached hydrogens (primary N) is 1. The van der Waals surface area contributed by atoms with Gasteiger partial charge in [-0.3, -0.25) is 0 Å². The van der Waals surface area contributed by atoms with Crippen molar-refractivity contribution < 1.29 is 13.2 Å². The third-order valence-electron chi connectivity index (χ3n) is 2.63. The molecule has 104 valence electrons. The maximum absolute atomic E-state index is 11.4. The number of rotatable bonds is 6. The summed E-state index contributed by atoms with van der Waals surface area (Å²) in [5.41, 5.74) is -0.436. The van der Waals surface area contributed by atoms with E-state index in [0.29, 0.717) is 18.8 Å². The molecular formula is C10H20N4O3S. The number of primary sulfonamides is 1. The molecule has 0 atom stereocenters. The summed E-state index contributed by atoms with van der Waals surface area (Å²) in [5.74, 6) is 0.563. The molecule has 7 nitrogen and oxygen atoms in total. The van der Waals surface area contributed by atoms with Gasteiger partial charge >= 0.3 is 0 Å². The van der Waals surface area contributed by atoms with E-state index in [-0.39, 0.29) is 5.16 Å². The molecule has 0 aliphatic carbocycles. The molecule has 0 radical (unpaired) electrons. The lowest BCUT2D eigenvalue weighted by atomic mass is 10.1. The lowest BCUT2D eigenvalue weighted by Crippen LogP contribution is -2.28. The van der Waals surface area contributed by atoms with E-state index in [4.69, 9.17) is 9.88 Å². The Morgan fingerprint density at radius 3 is 2.44 bits per heavy atom. The Morgan fingerprint density at radius 2 is 2.00 bits per heavy atom. The van der Waals surface area contributed by atoms with Crippen LogP contribution in [0.4, 0.5) is 0 Å². The Labute approximate surface area is 107 Å².